The highest BCUT2D eigenvalue weighted by atomic mass is 79.9. The van der Waals surface area contributed by atoms with Gasteiger partial charge in [-0.3, -0.25) is 9.80 Å². The van der Waals surface area contributed by atoms with Crippen LogP contribution in [-0.4, -0.2) is 53.1 Å². The fourth-order valence-electron chi connectivity index (χ4n) is 2.48. The third-order valence-electron chi connectivity index (χ3n) is 3.89. The van der Waals surface area contributed by atoms with Gasteiger partial charge in [-0.05, 0) is 40.5 Å². The zero-order valence-corrected chi connectivity index (χ0v) is 13.6. The minimum atomic E-state index is -0.240. The number of piperazine rings is 1. The molecule has 1 aromatic carbocycles. The lowest BCUT2D eigenvalue weighted by molar-refractivity contribution is 0.116. The highest BCUT2D eigenvalue weighted by Gasteiger charge is 2.23. The van der Waals surface area contributed by atoms with Gasteiger partial charge in [-0.15, -0.1) is 0 Å². The summed E-state index contributed by atoms with van der Waals surface area (Å²) in [4.78, 5) is 4.50. The Morgan fingerprint density at radius 2 is 2.10 bits per heavy atom. The Bertz CT molecular complexity index is 518. The molecule has 0 saturated carbocycles. The maximum Gasteiger partial charge on any atom is 0.156 e. The summed E-state index contributed by atoms with van der Waals surface area (Å²) < 4.78 is 13.7. The molecule has 1 aliphatic rings. The average Bonchev–Trinajstić information content (AvgIpc) is 2.50. The van der Waals surface area contributed by atoms with E-state index in [1.165, 1.54) is 6.07 Å². The number of halogens is 2. The van der Waals surface area contributed by atoms with Crippen LogP contribution < -0.4 is 5.73 Å². The van der Waals surface area contributed by atoms with Gasteiger partial charge in [0.1, 0.15) is 5.82 Å². The number of rotatable bonds is 4. The fraction of sp³-hybridized carbons (Fsp3) is 0.500. The van der Waals surface area contributed by atoms with E-state index in [0.717, 1.165) is 38.3 Å². The monoisotopic (exact) mass is 358 g/mol. The highest BCUT2D eigenvalue weighted by Crippen LogP contribution is 2.18. The number of nitrogens with two attached hydrogens (primary N) is 1. The van der Waals surface area contributed by atoms with Crippen LogP contribution in [-0.2, 0) is 6.54 Å². The van der Waals surface area contributed by atoms with Crippen molar-refractivity contribution in [1.29, 1.82) is 0 Å². The Hall–Kier alpha value is -1.18. The molecular formula is C14H20BrFN4O. The topological polar surface area (TPSA) is 65.1 Å². The first-order valence-corrected chi connectivity index (χ1v) is 7.68. The Labute approximate surface area is 132 Å². The van der Waals surface area contributed by atoms with Gasteiger partial charge >= 0.3 is 0 Å². The molecule has 1 aliphatic heterocycles. The molecule has 1 saturated heterocycles. The van der Waals surface area contributed by atoms with E-state index in [1.807, 2.05) is 19.1 Å². The van der Waals surface area contributed by atoms with Crippen molar-refractivity contribution in [1.82, 2.24) is 9.80 Å². The first-order chi connectivity index (χ1) is 10.0. The smallest absolute Gasteiger partial charge is 0.156 e. The largest absolute Gasteiger partial charge is 0.409 e. The predicted octanol–water partition coefficient (Wildman–Crippen LogP) is 1.84. The molecular weight excluding hydrogens is 339 g/mol. The summed E-state index contributed by atoms with van der Waals surface area (Å²) in [5.41, 5.74) is 6.72. The molecule has 5 nitrogen and oxygen atoms in total. The zero-order valence-electron chi connectivity index (χ0n) is 12.0. The van der Waals surface area contributed by atoms with E-state index in [2.05, 4.69) is 30.9 Å². The molecule has 2 rings (SSSR count). The summed E-state index contributed by atoms with van der Waals surface area (Å²) in [7, 11) is 0. The van der Waals surface area contributed by atoms with Crippen molar-refractivity contribution < 1.29 is 9.60 Å². The van der Waals surface area contributed by atoms with E-state index in [9.17, 15) is 4.39 Å². The SMILES string of the molecule is CC(C(N)=NO)N1CCN(Cc2ccc(F)c(Br)c2)CC1. The van der Waals surface area contributed by atoms with Crippen LogP contribution in [0.25, 0.3) is 0 Å². The molecule has 1 atom stereocenters. The summed E-state index contributed by atoms with van der Waals surface area (Å²) >= 11 is 3.21. The van der Waals surface area contributed by atoms with Crippen LogP contribution in [0.3, 0.4) is 0 Å². The van der Waals surface area contributed by atoms with Crippen LogP contribution in [0.4, 0.5) is 4.39 Å². The van der Waals surface area contributed by atoms with Gasteiger partial charge in [0.2, 0.25) is 0 Å². The third-order valence-corrected chi connectivity index (χ3v) is 4.50. The maximum absolute atomic E-state index is 13.2. The first-order valence-electron chi connectivity index (χ1n) is 6.89. The second-order valence-electron chi connectivity index (χ2n) is 5.26. The molecule has 116 valence electrons. The van der Waals surface area contributed by atoms with Crippen molar-refractivity contribution in [3.05, 3.63) is 34.1 Å². The zero-order chi connectivity index (χ0) is 15.4. The quantitative estimate of drug-likeness (QED) is 0.373. The lowest BCUT2D eigenvalue weighted by atomic mass is 10.1. The summed E-state index contributed by atoms with van der Waals surface area (Å²) in [5.74, 6) is 0.00192. The number of hydrogen-bond acceptors (Lipinski definition) is 4. The minimum Gasteiger partial charge on any atom is -0.409 e. The second-order valence-corrected chi connectivity index (χ2v) is 6.12. The van der Waals surface area contributed by atoms with E-state index in [4.69, 9.17) is 10.9 Å². The highest BCUT2D eigenvalue weighted by molar-refractivity contribution is 9.10. The van der Waals surface area contributed by atoms with Crippen molar-refractivity contribution >= 4 is 21.8 Å². The van der Waals surface area contributed by atoms with Crippen LogP contribution in [0.5, 0.6) is 0 Å². The number of hydrogen-bond donors (Lipinski definition) is 2. The van der Waals surface area contributed by atoms with E-state index in [0.29, 0.717) is 4.47 Å². The first kappa shape index (κ1) is 16.2. The van der Waals surface area contributed by atoms with Gasteiger partial charge < -0.3 is 10.9 Å². The Morgan fingerprint density at radius 3 is 2.67 bits per heavy atom. The maximum atomic E-state index is 13.2. The van der Waals surface area contributed by atoms with Gasteiger partial charge in [0, 0.05) is 32.7 Å². The molecule has 1 fully saturated rings. The van der Waals surface area contributed by atoms with Crippen molar-refractivity contribution in [3.8, 4) is 0 Å². The Kier molecular flexibility index (Phi) is 5.55. The molecule has 1 aromatic rings. The summed E-state index contributed by atoms with van der Waals surface area (Å²) in [6.07, 6.45) is 0. The Balaban J connectivity index is 1.88. The molecule has 3 N–H and O–H groups in total. The predicted molar refractivity (Wildman–Crippen MR) is 83.8 cm³/mol. The molecule has 1 unspecified atom stereocenters. The molecule has 0 amide bonds. The second kappa shape index (κ2) is 7.20. The summed E-state index contributed by atoms with van der Waals surface area (Å²) in [6, 6.07) is 5.06. The van der Waals surface area contributed by atoms with Crippen LogP contribution in [0.15, 0.2) is 27.8 Å². The molecule has 0 aromatic heterocycles. The van der Waals surface area contributed by atoms with Crippen LogP contribution in [0.2, 0.25) is 0 Å². The van der Waals surface area contributed by atoms with Crippen LogP contribution in [0, 0.1) is 5.82 Å². The standard InChI is InChI=1S/C14H20BrFN4O/c1-10(14(17)18-21)20-6-4-19(5-7-20)9-11-2-3-13(16)12(15)8-11/h2-3,8,10,21H,4-7,9H2,1H3,(H2,17,18). The lowest BCUT2D eigenvalue weighted by Gasteiger charge is -2.37. The van der Waals surface area contributed by atoms with Gasteiger partial charge in [0.25, 0.3) is 0 Å². The molecule has 1 heterocycles. The van der Waals surface area contributed by atoms with Crippen LogP contribution >= 0.6 is 15.9 Å². The average molecular weight is 359 g/mol. The van der Waals surface area contributed by atoms with E-state index >= 15 is 0 Å². The fourth-order valence-corrected chi connectivity index (χ4v) is 2.90. The van der Waals surface area contributed by atoms with Crippen LogP contribution in [0.1, 0.15) is 12.5 Å². The number of oxime groups is 1. The molecule has 0 bridgehead atoms. The molecule has 0 spiro atoms. The van der Waals surface area contributed by atoms with Gasteiger partial charge in [0.15, 0.2) is 5.84 Å². The molecule has 0 radical (unpaired) electrons. The van der Waals surface area contributed by atoms with Crippen molar-refractivity contribution in [3.63, 3.8) is 0 Å². The molecule has 0 aliphatic carbocycles. The number of benzene rings is 1. The van der Waals surface area contributed by atoms with Gasteiger partial charge in [-0.25, -0.2) is 4.39 Å². The number of nitrogens with zero attached hydrogens (tertiary/aromatic N) is 3. The van der Waals surface area contributed by atoms with Gasteiger partial charge in [0.05, 0.1) is 10.5 Å². The normalized spacial score (nSPS) is 19.7. The van der Waals surface area contributed by atoms with E-state index < -0.39 is 0 Å². The molecule has 21 heavy (non-hydrogen) atoms. The van der Waals surface area contributed by atoms with Gasteiger partial charge in [-0.2, -0.15) is 0 Å². The minimum absolute atomic E-state index is 0.0582. The number of amidine groups is 1. The third kappa shape index (κ3) is 4.15. The lowest BCUT2D eigenvalue weighted by Crippen LogP contribution is -2.52. The van der Waals surface area contributed by atoms with Crippen molar-refractivity contribution in [2.45, 2.75) is 19.5 Å². The van der Waals surface area contributed by atoms with E-state index in [-0.39, 0.29) is 17.7 Å². The molecule has 7 heteroatoms. The van der Waals surface area contributed by atoms with Gasteiger partial charge in [-0.1, -0.05) is 11.2 Å². The summed E-state index contributed by atoms with van der Waals surface area (Å²) in [6.45, 7) is 6.25. The summed E-state index contributed by atoms with van der Waals surface area (Å²) in [5, 5.41) is 11.8. The van der Waals surface area contributed by atoms with E-state index in [1.54, 1.807) is 0 Å². The Morgan fingerprint density at radius 1 is 1.43 bits per heavy atom. The van der Waals surface area contributed by atoms with Crippen molar-refractivity contribution in [2.75, 3.05) is 26.2 Å². The van der Waals surface area contributed by atoms with Crippen molar-refractivity contribution in [2.24, 2.45) is 10.9 Å².